The van der Waals surface area contributed by atoms with Crippen molar-refractivity contribution in [3.63, 3.8) is 0 Å². The van der Waals surface area contributed by atoms with Crippen LogP contribution < -0.4 is 25.6 Å². The van der Waals surface area contributed by atoms with Gasteiger partial charge in [-0.1, -0.05) is 12.8 Å². The van der Waals surface area contributed by atoms with Crippen molar-refractivity contribution < 1.29 is 23.5 Å². The summed E-state index contributed by atoms with van der Waals surface area (Å²) in [6.07, 6.45) is 6.76. The Bertz CT molecular complexity index is 1500. The minimum atomic E-state index is -0.928. The average molecular weight is 577 g/mol. The lowest BCUT2D eigenvalue weighted by molar-refractivity contribution is -0.129. The summed E-state index contributed by atoms with van der Waals surface area (Å²) in [6, 6.07) is 7.35. The smallest absolute Gasteiger partial charge is 0.407 e. The number of benzene rings is 1. The highest BCUT2D eigenvalue weighted by Gasteiger charge is 2.41. The van der Waals surface area contributed by atoms with Gasteiger partial charge in [-0.25, -0.2) is 9.78 Å². The minimum absolute atomic E-state index is 0.0230. The zero-order chi connectivity index (χ0) is 29.7. The third-order valence-electron chi connectivity index (χ3n) is 8.23. The van der Waals surface area contributed by atoms with Crippen LogP contribution in [0.25, 0.3) is 11.1 Å². The van der Waals surface area contributed by atoms with Crippen LogP contribution in [0.4, 0.5) is 27.9 Å². The van der Waals surface area contributed by atoms with Crippen LogP contribution in [0.2, 0.25) is 0 Å². The molecule has 0 unspecified atom stereocenters. The van der Waals surface area contributed by atoms with Crippen molar-refractivity contribution in [2.24, 2.45) is 11.3 Å². The summed E-state index contributed by atoms with van der Waals surface area (Å²) in [5.41, 5.74) is 1.24. The molecule has 3 N–H and O–H groups in total. The van der Waals surface area contributed by atoms with Gasteiger partial charge in [0.05, 0.1) is 12.0 Å². The molecule has 2 fully saturated rings. The number of nitrogens with zero attached hydrogens (tertiary/aromatic N) is 3. The van der Waals surface area contributed by atoms with Gasteiger partial charge in [0.1, 0.15) is 16.9 Å². The quantitative estimate of drug-likeness (QED) is 0.310. The van der Waals surface area contributed by atoms with Crippen molar-refractivity contribution in [3.05, 3.63) is 30.5 Å². The van der Waals surface area contributed by atoms with E-state index in [4.69, 9.17) is 18.9 Å². The van der Waals surface area contributed by atoms with E-state index in [2.05, 4.69) is 25.8 Å². The number of anilines is 4. The molecule has 11 heteroatoms. The van der Waals surface area contributed by atoms with Crippen molar-refractivity contribution in [1.82, 2.24) is 15.3 Å². The number of furan rings is 1. The fourth-order valence-corrected chi connectivity index (χ4v) is 5.79. The van der Waals surface area contributed by atoms with E-state index in [0.717, 1.165) is 49.8 Å². The Hall–Kier alpha value is -4.02. The molecular weight excluding hydrogens is 536 g/mol. The fraction of sp³-hybridized carbons (Fsp3) is 0.548. The van der Waals surface area contributed by atoms with Gasteiger partial charge in [-0.05, 0) is 83.4 Å². The monoisotopic (exact) mass is 576 g/mol. The summed E-state index contributed by atoms with van der Waals surface area (Å²) < 4.78 is 17.2. The molecular formula is C31H40N6O5. The number of aromatic nitrogens is 2. The lowest BCUT2D eigenvalue weighted by Gasteiger charge is -2.42. The van der Waals surface area contributed by atoms with E-state index in [9.17, 15) is 9.59 Å². The number of alkyl carbamates (subject to hydrolysis) is 1. The molecule has 42 heavy (non-hydrogen) atoms. The van der Waals surface area contributed by atoms with Crippen LogP contribution in [-0.2, 0) is 9.53 Å². The lowest BCUT2D eigenvalue weighted by atomic mass is 9.74. The summed E-state index contributed by atoms with van der Waals surface area (Å²) in [7, 11) is 0. The molecule has 0 atom stereocenters. The number of hydrogen-bond acceptors (Lipinski definition) is 9. The van der Waals surface area contributed by atoms with Gasteiger partial charge in [0.2, 0.25) is 5.95 Å². The summed E-state index contributed by atoms with van der Waals surface area (Å²) in [5, 5.41) is 9.27. The van der Waals surface area contributed by atoms with Crippen molar-refractivity contribution in [1.29, 1.82) is 0 Å². The van der Waals surface area contributed by atoms with Crippen molar-refractivity contribution in [3.8, 4) is 5.75 Å². The fourth-order valence-electron chi connectivity index (χ4n) is 5.79. The zero-order valence-corrected chi connectivity index (χ0v) is 25.0. The Labute approximate surface area is 245 Å². The van der Waals surface area contributed by atoms with Gasteiger partial charge in [0.15, 0.2) is 17.0 Å². The number of carbonyl (C=O) groups is 2. The van der Waals surface area contributed by atoms with Crippen LogP contribution in [0.5, 0.6) is 5.75 Å². The Balaban J connectivity index is 1.18. The number of amides is 2. The molecule has 2 aliphatic heterocycles. The standard InChI is InChI=1S/C31H40N6O5/c1-29(2,3)42-28(39)32-18-31(17-19-6-7-19)11-13-37(14-12-31)25-24-21(10-15-40-24)35-27(36-25)33-20-8-9-23-22(16-20)34-26(38)30(4,5)41-23/h8-10,15-16,19H,6-7,11-14,17-18H2,1-5H3,(H,32,39)(H,34,38)(H,33,35,36). The second-order valence-corrected chi connectivity index (χ2v) is 13.4. The molecule has 224 valence electrons. The van der Waals surface area contributed by atoms with Gasteiger partial charge in [0, 0.05) is 31.4 Å². The Morgan fingerprint density at radius 2 is 1.93 bits per heavy atom. The molecule has 1 saturated heterocycles. The number of fused-ring (bicyclic) bond motifs is 2. The number of piperidine rings is 1. The molecule has 3 aliphatic rings. The van der Waals surface area contributed by atoms with E-state index in [1.807, 2.05) is 45.0 Å². The van der Waals surface area contributed by atoms with Gasteiger partial charge < -0.3 is 34.7 Å². The maximum absolute atomic E-state index is 12.5. The highest BCUT2D eigenvalue weighted by molar-refractivity contribution is 6.00. The summed E-state index contributed by atoms with van der Waals surface area (Å²) in [5.74, 6) is 2.32. The summed E-state index contributed by atoms with van der Waals surface area (Å²) in [6.45, 7) is 11.3. The number of ether oxygens (including phenoxy) is 2. The third-order valence-corrected chi connectivity index (χ3v) is 8.23. The molecule has 11 nitrogen and oxygen atoms in total. The number of nitrogens with one attached hydrogen (secondary N) is 3. The van der Waals surface area contributed by atoms with Crippen molar-refractivity contribution in [2.75, 3.05) is 35.2 Å². The van der Waals surface area contributed by atoms with Gasteiger partial charge in [0.25, 0.3) is 5.91 Å². The Morgan fingerprint density at radius 3 is 2.64 bits per heavy atom. The molecule has 3 aromatic rings. The molecule has 2 aromatic heterocycles. The van der Waals surface area contributed by atoms with Gasteiger partial charge in [-0.2, -0.15) is 4.98 Å². The van der Waals surface area contributed by atoms with E-state index in [0.29, 0.717) is 35.0 Å². The first-order chi connectivity index (χ1) is 19.9. The van der Waals surface area contributed by atoms with E-state index in [1.165, 1.54) is 12.8 Å². The predicted octanol–water partition coefficient (Wildman–Crippen LogP) is 5.99. The Kier molecular flexibility index (Phi) is 6.93. The van der Waals surface area contributed by atoms with Crippen molar-refractivity contribution >= 4 is 46.2 Å². The van der Waals surface area contributed by atoms with Crippen molar-refractivity contribution in [2.45, 2.75) is 77.9 Å². The van der Waals surface area contributed by atoms with E-state index >= 15 is 0 Å². The first kappa shape index (κ1) is 28.1. The SMILES string of the molecule is CC(C)(C)OC(=O)NCC1(CC2CC2)CCN(c2nc(Nc3ccc4c(c3)NC(=O)C(C)(C)O4)nc3ccoc23)CC1. The topological polar surface area (TPSA) is 131 Å². The largest absolute Gasteiger partial charge is 0.476 e. The molecule has 4 heterocycles. The molecule has 1 saturated carbocycles. The van der Waals surface area contributed by atoms with E-state index in [1.54, 1.807) is 20.1 Å². The molecule has 0 spiro atoms. The van der Waals surface area contributed by atoms with Gasteiger partial charge in [-0.15, -0.1) is 0 Å². The van der Waals surface area contributed by atoms with Crippen LogP contribution in [-0.4, -0.2) is 52.8 Å². The van der Waals surface area contributed by atoms with Crippen LogP contribution in [0, 0.1) is 11.3 Å². The second-order valence-electron chi connectivity index (χ2n) is 13.4. The first-order valence-corrected chi connectivity index (χ1v) is 14.8. The molecule has 2 amide bonds. The third kappa shape index (κ3) is 6.10. The summed E-state index contributed by atoms with van der Waals surface area (Å²) in [4.78, 5) is 36.6. The molecule has 1 aromatic carbocycles. The number of hydrogen-bond donors (Lipinski definition) is 3. The molecule has 0 bridgehead atoms. The van der Waals surface area contributed by atoms with Crippen LogP contribution in [0.1, 0.15) is 66.7 Å². The molecule has 6 rings (SSSR count). The van der Waals surface area contributed by atoms with Crippen LogP contribution in [0.3, 0.4) is 0 Å². The Morgan fingerprint density at radius 1 is 1.17 bits per heavy atom. The molecule has 0 radical (unpaired) electrons. The maximum atomic E-state index is 12.5. The molecule has 1 aliphatic carbocycles. The summed E-state index contributed by atoms with van der Waals surface area (Å²) >= 11 is 0. The van der Waals surface area contributed by atoms with Gasteiger partial charge >= 0.3 is 6.09 Å². The minimum Gasteiger partial charge on any atom is -0.476 e. The maximum Gasteiger partial charge on any atom is 0.407 e. The first-order valence-electron chi connectivity index (χ1n) is 14.8. The predicted molar refractivity (Wildman–Crippen MR) is 160 cm³/mol. The average Bonchev–Trinajstić information content (AvgIpc) is 3.59. The number of carbonyl (C=O) groups excluding carboxylic acids is 2. The van der Waals surface area contributed by atoms with E-state index < -0.39 is 11.2 Å². The van der Waals surface area contributed by atoms with Crippen LogP contribution >= 0.6 is 0 Å². The highest BCUT2D eigenvalue weighted by atomic mass is 16.6. The second kappa shape index (κ2) is 10.4. The van der Waals surface area contributed by atoms with Crippen LogP contribution in [0.15, 0.2) is 34.9 Å². The number of rotatable bonds is 7. The normalized spacial score (nSPS) is 19.5. The lowest BCUT2D eigenvalue weighted by Crippen LogP contribution is -2.47. The van der Waals surface area contributed by atoms with E-state index in [-0.39, 0.29) is 17.4 Å². The zero-order valence-electron chi connectivity index (χ0n) is 25.0. The highest BCUT2D eigenvalue weighted by Crippen LogP contribution is 2.46. The van der Waals surface area contributed by atoms with Gasteiger partial charge in [-0.3, -0.25) is 4.79 Å².